The summed E-state index contributed by atoms with van der Waals surface area (Å²) in [7, 11) is 0. The van der Waals surface area contributed by atoms with E-state index in [1.165, 1.54) is 5.56 Å². The molecule has 0 aliphatic carbocycles. The molecule has 0 unspecified atom stereocenters. The molecule has 6 heteroatoms. The van der Waals surface area contributed by atoms with Crippen molar-refractivity contribution in [3.63, 3.8) is 0 Å². The number of amides is 1. The van der Waals surface area contributed by atoms with Crippen LogP contribution in [0.1, 0.15) is 32.0 Å². The van der Waals surface area contributed by atoms with E-state index in [-0.39, 0.29) is 0 Å². The lowest BCUT2D eigenvalue weighted by molar-refractivity contribution is 0.0636. The third-order valence-electron chi connectivity index (χ3n) is 3.27. The van der Waals surface area contributed by atoms with Crippen LogP contribution in [0.5, 0.6) is 0 Å². The summed E-state index contributed by atoms with van der Waals surface area (Å²) in [5.74, 6) is 0. The van der Waals surface area contributed by atoms with Crippen molar-refractivity contribution in [3.05, 3.63) is 58.3 Å². The number of rotatable bonds is 6. The number of hydrogen-bond acceptors (Lipinski definition) is 4. The Morgan fingerprint density at radius 2 is 1.88 bits per heavy atom. The first-order valence-corrected chi connectivity index (χ1v) is 9.02. The van der Waals surface area contributed by atoms with E-state index in [9.17, 15) is 4.79 Å². The molecule has 1 aromatic carbocycles. The number of anilines is 1. The van der Waals surface area contributed by atoms with E-state index in [2.05, 4.69) is 31.5 Å². The quantitative estimate of drug-likeness (QED) is 0.547. The Labute approximate surface area is 157 Å². The summed E-state index contributed by atoms with van der Waals surface area (Å²) in [6.45, 7) is 7.11. The minimum absolute atomic E-state index is 0.441. The van der Waals surface area contributed by atoms with Crippen LogP contribution in [0.15, 0.2) is 47.1 Å². The summed E-state index contributed by atoms with van der Waals surface area (Å²) in [5, 5.41) is 6.11. The molecule has 0 atom stereocenters. The Balaban J connectivity index is 1.74. The fourth-order valence-corrected chi connectivity index (χ4v) is 2.55. The minimum Gasteiger partial charge on any atom is -0.444 e. The summed E-state index contributed by atoms with van der Waals surface area (Å²) in [6.07, 6.45) is 0.462. The summed E-state index contributed by atoms with van der Waals surface area (Å²) in [4.78, 5) is 16.1. The van der Waals surface area contributed by atoms with Crippen LogP contribution in [0.25, 0.3) is 0 Å². The highest BCUT2D eigenvalue weighted by Crippen LogP contribution is 2.13. The van der Waals surface area contributed by atoms with Gasteiger partial charge in [-0.1, -0.05) is 18.2 Å². The normalized spacial score (nSPS) is 11.2. The van der Waals surface area contributed by atoms with Crippen LogP contribution in [0, 0.1) is 0 Å². The van der Waals surface area contributed by atoms with Gasteiger partial charge in [0.05, 0.1) is 5.69 Å². The van der Waals surface area contributed by atoms with Crippen LogP contribution >= 0.6 is 15.9 Å². The number of halogens is 1. The van der Waals surface area contributed by atoms with Gasteiger partial charge in [0.2, 0.25) is 0 Å². The second kappa shape index (κ2) is 8.97. The van der Waals surface area contributed by atoms with Gasteiger partial charge in [0.25, 0.3) is 0 Å². The molecule has 2 N–H and O–H groups in total. The molecular formula is C19H24BrN3O2. The van der Waals surface area contributed by atoms with Gasteiger partial charge in [0.15, 0.2) is 0 Å². The first-order chi connectivity index (χ1) is 11.8. The van der Waals surface area contributed by atoms with Crippen molar-refractivity contribution in [2.45, 2.75) is 39.3 Å². The molecule has 0 saturated heterocycles. The maximum atomic E-state index is 11.7. The third-order valence-corrected chi connectivity index (χ3v) is 3.71. The number of aromatic nitrogens is 1. The highest BCUT2D eigenvalue weighted by atomic mass is 79.9. The monoisotopic (exact) mass is 405 g/mol. The molecule has 1 aromatic heterocycles. The first-order valence-electron chi connectivity index (χ1n) is 8.23. The minimum atomic E-state index is -0.501. The van der Waals surface area contributed by atoms with Crippen LogP contribution in [0.2, 0.25) is 0 Å². The molecule has 0 spiro atoms. The number of pyridine rings is 1. The van der Waals surface area contributed by atoms with Crippen molar-refractivity contribution in [2.75, 3.05) is 11.9 Å². The van der Waals surface area contributed by atoms with Gasteiger partial charge in [-0.25, -0.2) is 9.78 Å². The van der Waals surface area contributed by atoms with E-state index in [4.69, 9.17) is 4.74 Å². The van der Waals surface area contributed by atoms with Crippen LogP contribution < -0.4 is 10.6 Å². The lowest BCUT2D eigenvalue weighted by atomic mass is 10.1. The zero-order chi connectivity index (χ0) is 18.3. The van der Waals surface area contributed by atoms with E-state index in [1.54, 1.807) is 0 Å². The number of hydrogen-bond donors (Lipinski definition) is 2. The Kier molecular flexibility index (Phi) is 6.96. The van der Waals surface area contributed by atoms with E-state index < -0.39 is 11.7 Å². The summed E-state index contributed by atoms with van der Waals surface area (Å²) < 4.78 is 6.08. The molecule has 0 aliphatic rings. The van der Waals surface area contributed by atoms with E-state index >= 15 is 0 Å². The SMILES string of the molecule is CC(C)(C)OC(=O)Nc1ccc(CCNCc2cccc(Br)n2)cc1. The Morgan fingerprint density at radius 3 is 2.52 bits per heavy atom. The number of ether oxygens (including phenoxy) is 1. The van der Waals surface area contributed by atoms with Crippen molar-refractivity contribution in [2.24, 2.45) is 0 Å². The second-order valence-corrected chi connectivity index (χ2v) is 7.51. The van der Waals surface area contributed by atoms with Gasteiger partial charge in [-0.3, -0.25) is 5.32 Å². The summed E-state index contributed by atoms with van der Waals surface area (Å²) >= 11 is 3.37. The molecule has 2 aromatic rings. The number of benzene rings is 1. The number of carbonyl (C=O) groups is 1. The van der Waals surface area contributed by atoms with Crippen LogP contribution in [-0.4, -0.2) is 23.2 Å². The highest BCUT2D eigenvalue weighted by Gasteiger charge is 2.15. The average Bonchev–Trinajstić information content (AvgIpc) is 2.51. The van der Waals surface area contributed by atoms with Gasteiger partial charge < -0.3 is 10.1 Å². The van der Waals surface area contributed by atoms with Crippen LogP contribution in [0.4, 0.5) is 10.5 Å². The molecule has 1 heterocycles. The fraction of sp³-hybridized carbons (Fsp3) is 0.368. The Bertz CT molecular complexity index is 697. The molecule has 0 fully saturated rings. The summed E-state index contributed by atoms with van der Waals surface area (Å²) in [5.41, 5.74) is 2.43. The predicted molar refractivity (Wildman–Crippen MR) is 104 cm³/mol. The van der Waals surface area contributed by atoms with E-state index in [1.807, 2.05) is 63.2 Å². The first kappa shape index (κ1) is 19.4. The molecule has 25 heavy (non-hydrogen) atoms. The molecule has 0 saturated carbocycles. The average molecular weight is 406 g/mol. The Hall–Kier alpha value is -1.92. The zero-order valence-electron chi connectivity index (χ0n) is 14.8. The largest absolute Gasteiger partial charge is 0.444 e. The standard InChI is InChI=1S/C19H24BrN3O2/c1-19(2,3)25-18(24)23-15-9-7-14(8-10-15)11-12-21-13-16-5-4-6-17(20)22-16/h4-10,21H,11-13H2,1-3H3,(H,23,24). The van der Waals surface area contributed by atoms with Crippen molar-refractivity contribution >= 4 is 27.7 Å². The zero-order valence-corrected chi connectivity index (χ0v) is 16.4. The smallest absolute Gasteiger partial charge is 0.412 e. The van der Waals surface area contributed by atoms with Crippen LogP contribution in [-0.2, 0) is 17.7 Å². The molecule has 5 nitrogen and oxygen atoms in total. The van der Waals surface area contributed by atoms with Gasteiger partial charge in [-0.15, -0.1) is 0 Å². The van der Waals surface area contributed by atoms with Crippen molar-refractivity contribution in [1.29, 1.82) is 0 Å². The number of nitrogens with one attached hydrogen (secondary N) is 2. The van der Waals surface area contributed by atoms with Crippen molar-refractivity contribution in [3.8, 4) is 0 Å². The summed E-state index contributed by atoms with van der Waals surface area (Å²) in [6, 6.07) is 13.7. The van der Waals surface area contributed by atoms with Gasteiger partial charge >= 0.3 is 6.09 Å². The van der Waals surface area contributed by atoms with Crippen LogP contribution in [0.3, 0.4) is 0 Å². The topological polar surface area (TPSA) is 63.2 Å². The molecular weight excluding hydrogens is 382 g/mol. The Morgan fingerprint density at radius 1 is 1.16 bits per heavy atom. The molecule has 0 bridgehead atoms. The molecule has 2 rings (SSSR count). The number of carbonyl (C=O) groups excluding carboxylic acids is 1. The van der Waals surface area contributed by atoms with E-state index in [0.717, 1.165) is 35.5 Å². The van der Waals surface area contributed by atoms with Gasteiger partial charge in [-0.2, -0.15) is 0 Å². The second-order valence-electron chi connectivity index (χ2n) is 6.70. The maximum absolute atomic E-state index is 11.7. The molecule has 1 amide bonds. The molecule has 134 valence electrons. The third kappa shape index (κ3) is 7.67. The highest BCUT2D eigenvalue weighted by molar-refractivity contribution is 9.10. The van der Waals surface area contributed by atoms with Gasteiger partial charge in [0, 0.05) is 12.2 Å². The lowest BCUT2D eigenvalue weighted by Crippen LogP contribution is -2.27. The maximum Gasteiger partial charge on any atom is 0.412 e. The number of nitrogens with zero attached hydrogens (tertiary/aromatic N) is 1. The fourth-order valence-electron chi connectivity index (χ4n) is 2.17. The van der Waals surface area contributed by atoms with Gasteiger partial charge in [0.1, 0.15) is 10.2 Å². The van der Waals surface area contributed by atoms with E-state index in [0.29, 0.717) is 0 Å². The van der Waals surface area contributed by atoms with Crippen molar-refractivity contribution < 1.29 is 9.53 Å². The molecule has 0 radical (unpaired) electrons. The van der Waals surface area contributed by atoms with Gasteiger partial charge in [-0.05, 0) is 79.5 Å². The predicted octanol–water partition coefficient (Wildman–Crippen LogP) is 4.52. The van der Waals surface area contributed by atoms with Crippen molar-refractivity contribution in [1.82, 2.24) is 10.3 Å². The lowest BCUT2D eigenvalue weighted by Gasteiger charge is -2.19. The molecule has 0 aliphatic heterocycles.